The molecule has 5 nitrogen and oxygen atoms in total. The molecule has 0 aliphatic carbocycles. The standard InChI is InChI=1S/C13H15FN2.C9H17NO2/c1-10-3-2-6-16(9-10)13-5-4-11(8-15)7-12(13)14;1-2-5-10(8-11)9-3-6-12-7-4-9/h4-5,7,10H,2-3,6,9H2,1H3;8-9H,2-7H2,1H3. The van der Waals surface area contributed by atoms with Crippen LogP contribution in [0.3, 0.4) is 0 Å². The van der Waals surface area contributed by atoms with Crippen LogP contribution in [0.25, 0.3) is 0 Å². The molecule has 2 heterocycles. The molecular formula is C22H32FN3O2. The van der Waals surface area contributed by atoms with Gasteiger partial charge in [0, 0.05) is 38.9 Å². The van der Waals surface area contributed by atoms with Crippen LogP contribution < -0.4 is 4.90 Å². The summed E-state index contributed by atoms with van der Waals surface area (Å²) in [5.74, 6) is 0.331. The summed E-state index contributed by atoms with van der Waals surface area (Å²) < 4.78 is 19.0. The van der Waals surface area contributed by atoms with Gasteiger partial charge in [0.05, 0.1) is 17.3 Å². The number of nitriles is 1. The molecule has 154 valence electrons. The minimum Gasteiger partial charge on any atom is -0.381 e. The molecule has 0 radical (unpaired) electrons. The molecule has 28 heavy (non-hydrogen) atoms. The SMILES string of the molecule is CC1CCCN(c2ccc(C#N)cc2F)C1.CCCN(C=O)C1CCOCC1. The van der Waals surface area contributed by atoms with E-state index < -0.39 is 0 Å². The normalized spacial score (nSPS) is 19.9. The Kier molecular flexibility index (Phi) is 9.22. The van der Waals surface area contributed by atoms with Crippen molar-refractivity contribution in [1.82, 2.24) is 4.90 Å². The number of hydrogen-bond donors (Lipinski definition) is 0. The number of amides is 1. The van der Waals surface area contributed by atoms with Gasteiger partial charge in [-0.2, -0.15) is 5.26 Å². The molecule has 1 unspecified atom stereocenters. The van der Waals surface area contributed by atoms with E-state index in [-0.39, 0.29) is 5.82 Å². The number of carbonyl (C=O) groups is 1. The van der Waals surface area contributed by atoms with Crippen LogP contribution in [0.5, 0.6) is 0 Å². The summed E-state index contributed by atoms with van der Waals surface area (Å²) in [6.07, 6.45) is 6.34. The fourth-order valence-electron chi connectivity index (χ4n) is 3.84. The second-order valence-electron chi connectivity index (χ2n) is 7.66. The zero-order chi connectivity index (χ0) is 20.4. The van der Waals surface area contributed by atoms with Crippen LogP contribution >= 0.6 is 0 Å². The highest BCUT2D eigenvalue weighted by Crippen LogP contribution is 2.25. The van der Waals surface area contributed by atoms with Gasteiger partial charge in [-0.05, 0) is 56.2 Å². The third-order valence-corrected chi connectivity index (χ3v) is 5.35. The lowest BCUT2D eigenvalue weighted by molar-refractivity contribution is -0.122. The predicted octanol–water partition coefficient (Wildman–Crippen LogP) is 3.97. The molecule has 2 aliphatic rings. The fraction of sp³-hybridized carbons (Fsp3) is 0.636. The summed E-state index contributed by atoms with van der Waals surface area (Å²) in [5, 5.41) is 8.68. The van der Waals surface area contributed by atoms with E-state index in [1.165, 1.54) is 12.5 Å². The van der Waals surface area contributed by atoms with E-state index in [9.17, 15) is 9.18 Å². The average molecular weight is 390 g/mol. The van der Waals surface area contributed by atoms with Crippen molar-refractivity contribution in [3.05, 3.63) is 29.6 Å². The van der Waals surface area contributed by atoms with Crippen LogP contribution in [0.4, 0.5) is 10.1 Å². The molecule has 2 aliphatic heterocycles. The zero-order valence-corrected chi connectivity index (χ0v) is 17.1. The molecule has 3 rings (SSSR count). The Labute approximate surface area is 168 Å². The van der Waals surface area contributed by atoms with Crippen molar-refractivity contribution in [3.63, 3.8) is 0 Å². The van der Waals surface area contributed by atoms with Crippen molar-refractivity contribution in [2.45, 2.75) is 52.0 Å². The molecule has 1 amide bonds. The van der Waals surface area contributed by atoms with Gasteiger partial charge in [-0.3, -0.25) is 4.79 Å². The monoisotopic (exact) mass is 389 g/mol. The van der Waals surface area contributed by atoms with Gasteiger partial charge in [0.25, 0.3) is 0 Å². The van der Waals surface area contributed by atoms with E-state index in [1.807, 2.05) is 11.0 Å². The maximum atomic E-state index is 13.8. The van der Waals surface area contributed by atoms with Crippen LogP contribution in [-0.4, -0.2) is 50.2 Å². The first kappa shape index (κ1) is 22.2. The van der Waals surface area contributed by atoms with Crippen molar-refractivity contribution in [2.24, 2.45) is 5.92 Å². The second-order valence-corrected chi connectivity index (χ2v) is 7.66. The van der Waals surface area contributed by atoms with E-state index in [0.29, 0.717) is 23.2 Å². The highest BCUT2D eigenvalue weighted by atomic mass is 19.1. The van der Waals surface area contributed by atoms with E-state index in [1.54, 1.807) is 12.1 Å². The zero-order valence-electron chi connectivity index (χ0n) is 17.1. The lowest BCUT2D eigenvalue weighted by atomic mass is 9.99. The van der Waals surface area contributed by atoms with Crippen LogP contribution in [0, 0.1) is 23.1 Å². The van der Waals surface area contributed by atoms with Crippen molar-refractivity contribution in [3.8, 4) is 6.07 Å². The van der Waals surface area contributed by atoms with Gasteiger partial charge in [-0.25, -0.2) is 4.39 Å². The number of hydrogen-bond acceptors (Lipinski definition) is 4. The third-order valence-electron chi connectivity index (χ3n) is 5.35. The van der Waals surface area contributed by atoms with Crippen LogP contribution in [0.15, 0.2) is 18.2 Å². The Hall–Kier alpha value is -2.13. The molecule has 0 bridgehead atoms. The van der Waals surface area contributed by atoms with Gasteiger partial charge in [-0.15, -0.1) is 0 Å². The van der Waals surface area contributed by atoms with Gasteiger partial charge in [0.15, 0.2) is 0 Å². The first-order valence-corrected chi connectivity index (χ1v) is 10.3. The Bertz CT molecular complexity index is 656. The maximum absolute atomic E-state index is 13.8. The van der Waals surface area contributed by atoms with Gasteiger partial charge in [0.1, 0.15) is 5.82 Å². The first-order chi connectivity index (χ1) is 13.6. The number of anilines is 1. The summed E-state index contributed by atoms with van der Waals surface area (Å²) in [7, 11) is 0. The molecule has 0 saturated carbocycles. The van der Waals surface area contributed by atoms with E-state index >= 15 is 0 Å². The van der Waals surface area contributed by atoms with E-state index in [2.05, 4.69) is 18.7 Å². The Balaban J connectivity index is 0.000000209. The molecule has 2 fully saturated rings. The highest BCUT2D eigenvalue weighted by molar-refractivity contribution is 5.51. The number of rotatable bonds is 5. The highest BCUT2D eigenvalue weighted by Gasteiger charge is 2.20. The van der Waals surface area contributed by atoms with Gasteiger partial charge < -0.3 is 14.5 Å². The summed E-state index contributed by atoms with van der Waals surface area (Å²) in [6, 6.07) is 7.08. The molecule has 1 atom stereocenters. The van der Waals surface area contributed by atoms with Crippen LogP contribution in [0.2, 0.25) is 0 Å². The Morgan fingerprint density at radius 2 is 2.11 bits per heavy atom. The molecular weight excluding hydrogens is 357 g/mol. The average Bonchev–Trinajstić information content (AvgIpc) is 2.73. The number of halogens is 1. The minimum atomic E-state index is -0.284. The van der Waals surface area contributed by atoms with Crippen LogP contribution in [0.1, 0.15) is 51.5 Å². The summed E-state index contributed by atoms with van der Waals surface area (Å²) in [6.45, 7) is 8.59. The molecule has 0 spiro atoms. The number of piperidine rings is 1. The third kappa shape index (κ3) is 6.49. The smallest absolute Gasteiger partial charge is 0.209 e. The van der Waals surface area contributed by atoms with Gasteiger partial charge >= 0.3 is 0 Å². The van der Waals surface area contributed by atoms with E-state index in [4.69, 9.17) is 10.00 Å². The summed E-state index contributed by atoms with van der Waals surface area (Å²) >= 11 is 0. The largest absolute Gasteiger partial charge is 0.381 e. The number of carbonyl (C=O) groups excluding carboxylic acids is 1. The lowest BCUT2D eigenvalue weighted by Gasteiger charge is -2.33. The summed E-state index contributed by atoms with van der Waals surface area (Å²) in [4.78, 5) is 14.7. The summed E-state index contributed by atoms with van der Waals surface area (Å²) in [5.41, 5.74) is 1.01. The fourth-order valence-corrected chi connectivity index (χ4v) is 3.84. The second kappa shape index (κ2) is 11.7. The Morgan fingerprint density at radius 1 is 1.36 bits per heavy atom. The number of nitrogens with zero attached hydrogens (tertiary/aromatic N) is 3. The molecule has 0 aromatic heterocycles. The molecule has 1 aromatic rings. The van der Waals surface area contributed by atoms with Crippen molar-refractivity contribution in [2.75, 3.05) is 37.7 Å². The van der Waals surface area contributed by atoms with E-state index in [0.717, 1.165) is 64.9 Å². The molecule has 6 heteroatoms. The Morgan fingerprint density at radius 3 is 2.68 bits per heavy atom. The predicted molar refractivity (Wildman–Crippen MR) is 109 cm³/mol. The van der Waals surface area contributed by atoms with Crippen molar-refractivity contribution in [1.29, 1.82) is 5.26 Å². The lowest BCUT2D eigenvalue weighted by Crippen LogP contribution is -2.38. The maximum Gasteiger partial charge on any atom is 0.209 e. The molecule has 2 saturated heterocycles. The van der Waals surface area contributed by atoms with Crippen LogP contribution in [-0.2, 0) is 9.53 Å². The first-order valence-electron chi connectivity index (χ1n) is 10.3. The van der Waals surface area contributed by atoms with Crippen molar-refractivity contribution >= 4 is 12.1 Å². The quantitative estimate of drug-likeness (QED) is 0.715. The topological polar surface area (TPSA) is 56.6 Å². The van der Waals surface area contributed by atoms with Crippen molar-refractivity contribution < 1.29 is 13.9 Å². The minimum absolute atomic E-state index is 0.284. The molecule has 0 N–H and O–H groups in total. The van der Waals surface area contributed by atoms with Gasteiger partial charge in [-0.1, -0.05) is 13.8 Å². The van der Waals surface area contributed by atoms with Gasteiger partial charge in [0.2, 0.25) is 6.41 Å². The molecule has 1 aromatic carbocycles. The number of ether oxygens (including phenoxy) is 1. The number of benzene rings is 1.